The molecule has 0 unspecified atom stereocenters. The van der Waals surface area contributed by atoms with Crippen LogP contribution in [-0.2, 0) is 15.7 Å². The first-order valence-electron chi connectivity index (χ1n) is 12.6. The molecule has 0 atom stereocenters. The van der Waals surface area contributed by atoms with Crippen LogP contribution in [0.1, 0.15) is 21.7 Å². The second-order valence-corrected chi connectivity index (χ2v) is 10.3. The van der Waals surface area contributed by atoms with Gasteiger partial charge in [0.25, 0.3) is 0 Å². The molecule has 220 valence electrons. The van der Waals surface area contributed by atoms with Crippen LogP contribution in [0.5, 0.6) is 0 Å². The van der Waals surface area contributed by atoms with Gasteiger partial charge >= 0.3 is 12.1 Å². The molecule has 5 aromatic rings. The smallest absolute Gasteiger partial charge is 0.416 e. The summed E-state index contributed by atoms with van der Waals surface area (Å²) < 4.78 is 59.7. The maximum Gasteiger partial charge on any atom is 0.416 e. The largest absolute Gasteiger partial charge is 0.476 e. The number of ether oxygens (including phenoxy) is 1. The minimum absolute atomic E-state index is 0.130. The van der Waals surface area contributed by atoms with Gasteiger partial charge in [0, 0.05) is 23.9 Å². The molecule has 0 aliphatic carbocycles. The number of nitrogens with one attached hydrogen (secondary N) is 1. The Kier molecular flexibility index (Phi) is 8.11. The minimum Gasteiger partial charge on any atom is -0.476 e. The molecule has 13 heteroatoms. The SMILES string of the molecule is COCC(=O)Nc1ccc(-c2sc(-n3nc(C)c(-c4cccc(F)c4)c3C(=O)O)nc2-c2ccc(C(F)(F)F)cc2)cc1. The van der Waals surface area contributed by atoms with Crippen LogP contribution in [0.4, 0.5) is 23.2 Å². The number of rotatable bonds is 8. The van der Waals surface area contributed by atoms with E-state index >= 15 is 0 Å². The molecule has 0 aliphatic heterocycles. The Bertz CT molecular complexity index is 1810. The van der Waals surface area contributed by atoms with Gasteiger partial charge in [0.1, 0.15) is 12.4 Å². The summed E-state index contributed by atoms with van der Waals surface area (Å²) in [6.45, 7) is 1.45. The van der Waals surface area contributed by atoms with Gasteiger partial charge in [-0.1, -0.05) is 47.7 Å². The summed E-state index contributed by atoms with van der Waals surface area (Å²) in [5, 5.41) is 17.4. The van der Waals surface area contributed by atoms with Crippen molar-refractivity contribution in [3.05, 3.63) is 95.6 Å². The molecule has 2 N–H and O–H groups in total. The Balaban J connectivity index is 1.66. The van der Waals surface area contributed by atoms with Crippen molar-refractivity contribution in [1.29, 1.82) is 0 Å². The average Bonchev–Trinajstić information content (AvgIpc) is 3.55. The predicted molar refractivity (Wildman–Crippen MR) is 153 cm³/mol. The number of thiazole rings is 1. The predicted octanol–water partition coefficient (Wildman–Crippen LogP) is 7.08. The van der Waals surface area contributed by atoms with E-state index in [1.54, 1.807) is 37.3 Å². The van der Waals surface area contributed by atoms with Gasteiger partial charge in [0.05, 0.1) is 21.8 Å². The van der Waals surface area contributed by atoms with E-state index in [4.69, 9.17) is 4.74 Å². The fourth-order valence-electron chi connectivity index (χ4n) is 4.49. The molecular weight excluding hydrogens is 588 g/mol. The topological polar surface area (TPSA) is 106 Å². The Morgan fingerprint density at radius 3 is 2.28 bits per heavy atom. The monoisotopic (exact) mass is 610 g/mol. The van der Waals surface area contributed by atoms with E-state index in [0.717, 1.165) is 28.2 Å². The van der Waals surface area contributed by atoms with Crippen molar-refractivity contribution in [1.82, 2.24) is 14.8 Å². The van der Waals surface area contributed by atoms with Crippen molar-refractivity contribution in [3.63, 3.8) is 0 Å². The van der Waals surface area contributed by atoms with Gasteiger partial charge in [-0.05, 0) is 54.4 Å². The number of benzene rings is 3. The number of carboxylic acids is 1. The first-order chi connectivity index (χ1) is 20.5. The third kappa shape index (κ3) is 6.17. The maximum absolute atomic E-state index is 14.0. The van der Waals surface area contributed by atoms with Gasteiger partial charge in [-0.3, -0.25) is 4.79 Å². The lowest BCUT2D eigenvalue weighted by Crippen LogP contribution is -2.16. The number of aromatic carboxylic acids is 1. The lowest BCUT2D eigenvalue weighted by atomic mass is 10.0. The number of hydrogen-bond acceptors (Lipinski definition) is 6. The van der Waals surface area contributed by atoms with E-state index in [1.165, 1.54) is 37.4 Å². The number of carboxylic acid groups (broad SMARTS) is 1. The molecule has 0 bridgehead atoms. The van der Waals surface area contributed by atoms with Crippen molar-refractivity contribution in [2.75, 3.05) is 19.0 Å². The van der Waals surface area contributed by atoms with Crippen molar-refractivity contribution >= 4 is 28.9 Å². The first-order valence-corrected chi connectivity index (χ1v) is 13.4. The number of anilines is 1. The summed E-state index contributed by atoms with van der Waals surface area (Å²) in [7, 11) is 1.39. The third-order valence-electron chi connectivity index (χ3n) is 6.37. The van der Waals surface area contributed by atoms with Gasteiger partial charge < -0.3 is 15.2 Å². The number of nitrogens with zero attached hydrogens (tertiary/aromatic N) is 3. The van der Waals surface area contributed by atoms with Gasteiger partial charge in [0.2, 0.25) is 11.0 Å². The number of carbonyl (C=O) groups is 2. The summed E-state index contributed by atoms with van der Waals surface area (Å²) in [6, 6.07) is 16.6. The van der Waals surface area contributed by atoms with Crippen LogP contribution in [0.15, 0.2) is 72.8 Å². The molecular formula is C30H22F4N4O4S. The Morgan fingerprint density at radius 1 is 1.00 bits per heavy atom. The maximum atomic E-state index is 14.0. The van der Waals surface area contributed by atoms with Crippen molar-refractivity contribution in [3.8, 4) is 38.0 Å². The summed E-state index contributed by atoms with van der Waals surface area (Å²) in [4.78, 5) is 29.5. The molecule has 43 heavy (non-hydrogen) atoms. The highest BCUT2D eigenvalue weighted by Crippen LogP contribution is 2.41. The average molecular weight is 611 g/mol. The van der Waals surface area contributed by atoms with Crippen molar-refractivity contribution < 1.29 is 37.0 Å². The number of aromatic nitrogens is 3. The number of carbonyl (C=O) groups excluding carboxylic acids is 1. The van der Waals surface area contributed by atoms with Crippen molar-refractivity contribution in [2.24, 2.45) is 0 Å². The number of alkyl halides is 3. The van der Waals surface area contributed by atoms with E-state index in [1.807, 2.05) is 0 Å². The highest BCUT2D eigenvalue weighted by molar-refractivity contribution is 7.18. The minimum atomic E-state index is -4.53. The van der Waals surface area contributed by atoms with Crippen LogP contribution < -0.4 is 5.32 Å². The van der Waals surface area contributed by atoms with E-state index in [0.29, 0.717) is 38.6 Å². The molecule has 0 radical (unpaired) electrons. The third-order valence-corrected chi connectivity index (χ3v) is 7.45. The molecule has 0 fully saturated rings. The molecule has 0 aliphatic rings. The second-order valence-electron chi connectivity index (χ2n) is 9.34. The van der Waals surface area contributed by atoms with Crippen LogP contribution in [0.2, 0.25) is 0 Å². The van der Waals surface area contributed by atoms with Gasteiger partial charge in [-0.25, -0.2) is 14.2 Å². The number of amides is 1. The van der Waals surface area contributed by atoms with Gasteiger partial charge in [0.15, 0.2) is 5.69 Å². The zero-order chi connectivity index (χ0) is 30.9. The zero-order valence-corrected chi connectivity index (χ0v) is 23.4. The quantitative estimate of drug-likeness (QED) is 0.182. The molecule has 0 saturated carbocycles. The molecule has 8 nitrogen and oxygen atoms in total. The second kappa shape index (κ2) is 11.8. The Morgan fingerprint density at radius 2 is 1.67 bits per heavy atom. The Labute approximate surface area is 246 Å². The summed E-state index contributed by atoms with van der Waals surface area (Å²) in [5.41, 5.74) is 1.49. The standard InChI is InChI=1S/C30H22F4N4O4S/c1-16-24(19-4-3-5-21(31)14-19)26(28(40)41)38(37-16)29-36-25(17-6-10-20(11-7-17)30(32,33)34)27(43-29)18-8-12-22(13-9-18)35-23(39)15-42-2/h3-14H,15H2,1-2H3,(H,35,39)(H,40,41). The Hall–Kier alpha value is -4.88. The molecule has 2 aromatic heterocycles. The fourth-order valence-corrected chi connectivity index (χ4v) is 5.55. The zero-order valence-electron chi connectivity index (χ0n) is 22.6. The van der Waals surface area contributed by atoms with Crippen LogP contribution in [0, 0.1) is 12.7 Å². The number of aryl methyl sites for hydroxylation is 1. The van der Waals surface area contributed by atoms with Crippen LogP contribution in [0.25, 0.3) is 38.0 Å². The number of hydrogen-bond donors (Lipinski definition) is 2. The van der Waals surface area contributed by atoms with Crippen LogP contribution >= 0.6 is 11.3 Å². The summed E-state index contributed by atoms with van der Waals surface area (Å²) >= 11 is 1.07. The van der Waals surface area contributed by atoms with E-state index in [2.05, 4.69) is 15.4 Å². The van der Waals surface area contributed by atoms with Gasteiger partial charge in [-0.2, -0.15) is 23.0 Å². The van der Waals surface area contributed by atoms with Crippen LogP contribution in [0.3, 0.4) is 0 Å². The molecule has 0 spiro atoms. The molecule has 3 aromatic carbocycles. The summed E-state index contributed by atoms with van der Waals surface area (Å²) in [6.07, 6.45) is -4.53. The highest BCUT2D eigenvalue weighted by atomic mass is 32.1. The highest BCUT2D eigenvalue weighted by Gasteiger charge is 2.31. The normalized spacial score (nSPS) is 11.5. The lowest BCUT2D eigenvalue weighted by Gasteiger charge is -2.08. The first kappa shape index (κ1) is 29.6. The number of methoxy groups -OCH3 is 1. The number of halogens is 4. The lowest BCUT2D eigenvalue weighted by molar-refractivity contribution is -0.137. The molecule has 5 rings (SSSR count). The summed E-state index contributed by atoms with van der Waals surface area (Å²) in [5.74, 6) is -2.24. The molecule has 2 heterocycles. The van der Waals surface area contributed by atoms with Gasteiger partial charge in [-0.15, -0.1) is 0 Å². The van der Waals surface area contributed by atoms with Crippen molar-refractivity contribution in [2.45, 2.75) is 13.1 Å². The molecule has 1 amide bonds. The van der Waals surface area contributed by atoms with E-state index < -0.39 is 23.5 Å². The fraction of sp³-hybridized carbons (Fsp3) is 0.133. The van der Waals surface area contributed by atoms with Crippen LogP contribution in [-0.4, -0.2) is 45.5 Å². The van der Waals surface area contributed by atoms with E-state index in [-0.39, 0.29) is 28.9 Å². The molecule has 0 saturated heterocycles. The van der Waals surface area contributed by atoms with E-state index in [9.17, 15) is 32.3 Å².